The third-order valence-corrected chi connectivity index (χ3v) is 4.75. The molecule has 2 aromatic heterocycles. The van der Waals surface area contributed by atoms with E-state index in [1.54, 1.807) is 24.3 Å². The van der Waals surface area contributed by atoms with Gasteiger partial charge >= 0.3 is 0 Å². The Morgan fingerprint density at radius 2 is 1.56 bits per heavy atom. The second-order valence-corrected chi connectivity index (χ2v) is 7.41. The van der Waals surface area contributed by atoms with Crippen molar-refractivity contribution in [2.75, 3.05) is 0 Å². The summed E-state index contributed by atoms with van der Waals surface area (Å²) in [5.41, 5.74) is 2.61. The normalized spacial score (nSPS) is 11.3. The van der Waals surface area contributed by atoms with Crippen LogP contribution in [0.4, 0.5) is 0 Å². The molecule has 0 atom stereocenters. The molecule has 0 N–H and O–H groups in total. The summed E-state index contributed by atoms with van der Waals surface area (Å²) < 4.78 is 10.9. The van der Waals surface area contributed by atoms with Gasteiger partial charge in [0.15, 0.2) is 10.6 Å². The van der Waals surface area contributed by atoms with Crippen LogP contribution in [0, 0.1) is 0 Å². The fraction of sp³-hybridized carbons (Fsp3) is 0.0556. The Bertz CT molecular complexity index is 1090. The standard InChI is InChI=1S/C18H9Cl4N3O2/c19-11-5-2-6-12(20)15(11)13-8-14(27-25-13)9-3-1-4-10(7-9)17-23-24-18(26-17)16(21)22/h1-8,16H. The lowest BCUT2D eigenvalue weighted by molar-refractivity contribution is 0.435. The van der Waals surface area contributed by atoms with E-state index in [2.05, 4.69) is 15.4 Å². The van der Waals surface area contributed by atoms with Crippen LogP contribution >= 0.6 is 46.4 Å². The highest BCUT2D eigenvalue weighted by molar-refractivity contribution is 6.43. The minimum absolute atomic E-state index is 0.133. The Hall–Kier alpha value is -2.05. The molecule has 9 heteroatoms. The molecule has 4 aromatic rings. The summed E-state index contributed by atoms with van der Waals surface area (Å²) in [5.74, 6) is 0.969. The average molecular weight is 441 g/mol. The van der Waals surface area contributed by atoms with Crippen molar-refractivity contribution in [3.05, 3.63) is 64.5 Å². The lowest BCUT2D eigenvalue weighted by Crippen LogP contribution is -1.81. The summed E-state index contributed by atoms with van der Waals surface area (Å²) in [4.78, 5) is -0.883. The van der Waals surface area contributed by atoms with Gasteiger partial charge in [-0.3, -0.25) is 0 Å². The van der Waals surface area contributed by atoms with Crippen LogP contribution in [0.25, 0.3) is 34.0 Å². The molecule has 0 aliphatic carbocycles. The van der Waals surface area contributed by atoms with Crippen molar-refractivity contribution >= 4 is 46.4 Å². The first-order chi connectivity index (χ1) is 13.0. The highest BCUT2D eigenvalue weighted by Crippen LogP contribution is 2.36. The molecule has 136 valence electrons. The number of aromatic nitrogens is 3. The van der Waals surface area contributed by atoms with E-state index in [-0.39, 0.29) is 5.89 Å². The largest absolute Gasteiger partial charge is 0.418 e. The predicted octanol–water partition coefficient (Wildman–Crippen LogP) is 6.84. The van der Waals surface area contributed by atoms with E-state index in [9.17, 15) is 0 Å². The van der Waals surface area contributed by atoms with Crippen molar-refractivity contribution < 1.29 is 8.94 Å². The molecule has 0 saturated heterocycles. The molecule has 0 aliphatic rings. The minimum Gasteiger partial charge on any atom is -0.418 e. The fourth-order valence-corrected chi connectivity index (χ4v) is 3.28. The third kappa shape index (κ3) is 3.69. The van der Waals surface area contributed by atoms with Crippen LogP contribution < -0.4 is 0 Å². The van der Waals surface area contributed by atoms with Crippen molar-refractivity contribution in [2.45, 2.75) is 4.84 Å². The van der Waals surface area contributed by atoms with Gasteiger partial charge in [-0.2, -0.15) is 0 Å². The summed E-state index contributed by atoms with van der Waals surface area (Å²) in [6, 6.07) is 14.4. The van der Waals surface area contributed by atoms with E-state index in [4.69, 9.17) is 55.3 Å². The lowest BCUT2D eigenvalue weighted by Gasteiger charge is -2.01. The monoisotopic (exact) mass is 439 g/mol. The third-order valence-electron chi connectivity index (χ3n) is 3.75. The van der Waals surface area contributed by atoms with Gasteiger partial charge in [0, 0.05) is 22.8 Å². The lowest BCUT2D eigenvalue weighted by atomic mass is 10.1. The maximum atomic E-state index is 6.24. The number of hydrogen-bond acceptors (Lipinski definition) is 5. The Kier molecular flexibility index (Phi) is 5.10. The number of nitrogens with zero attached hydrogens (tertiary/aromatic N) is 3. The smallest absolute Gasteiger partial charge is 0.249 e. The van der Waals surface area contributed by atoms with Crippen molar-refractivity contribution in [3.63, 3.8) is 0 Å². The van der Waals surface area contributed by atoms with E-state index >= 15 is 0 Å². The highest BCUT2D eigenvalue weighted by Gasteiger charge is 2.17. The van der Waals surface area contributed by atoms with E-state index in [1.165, 1.54) is 0 Å². The Labute approximate surface area is 173 Å². The molecule has 5 nitrogen and oxygen atoms in total. The second kappa shape index (κ2) is 7.52. The van der Waals surface area contributed by atoms with Gasteiger partial charge in [0.2, 0.25) is 11.8 Å². The molecule has 0 saturated carbocycles. The van der Waals surface area contributed by atoms with Crippen LogP contribution in [-0.2, 0) is 0 Å². The zero-order valence-electron chi connectivity index (χ0n) is 13.4. The van der Waals surface area contributed by atoms with Crippen molar-refractivity contribution in [2.24, 2.45) is 0 Å². The van der Waals surface area contributed by atoms with Crippen LogP contribution in [0.15, 0.2) is 57.5 Å². The first-order valence-electron chi connectivity index (χ1n) is 7.66. The minimum atomic E-state index is -0.883. The zero-order valence-corrected chi connectivity index (χ0v) is 16.4. The maximum absolute atomic E-state index is 6.24. The number of benzene rings is 2. The van der Waals surface area contributed by atoms with Crippen LogP contribution in [0.3, 0.4) is 0 Å². The Morgan fingerprint density at radius 3 is 2.26 bits per heavy atom. The molecule has 0 spiro atoms. The van der Waals surface area contributed by atoms with E-state index in [1.807, 2.05) is 24.3 Å². The van der Waals surface area contributed by atoms with Crippen molar-refractivity contribution in [3.8, 4) is 34.0 Å². The summed E-state index contributed by atoms with van der Waals surface area (Å²) >= 11 is 24.0. The highest BCUT2D eigenvalue weighted by atomic mass is 35.5. The van der Waals surface area contributed by atoms with E-state index in [0.29, 0.717) is 38.5 Å². The quantitative estimate of drug-likeness (QED) is 0.325. The molecular weight excluding hydrogens is 432 g/mol. The second-order valence-electron chi connectivity index (χ2n) is 5.50. The molecule has 2 aromatic carbocycles. The summed E-state index contributed by atoms with van der Waals surface area (Å²) in [5, 5.41) is 12.8. The SMILES string of the molecule is Clc1cccc(Cl)c1-c1cc(-c2cccc(-c3nnc(C(Cl)Cl)o3)c2)on1. The Morgan fingerprint density at radius 1 is 0.852 bits per heavy atom. The number of alkyl halides is 2. The van der Waals surface area contributed by atoms with Crippen LogP contribution in [-0.4, -0.2) is 15.4 Å². The molecule has 0 unspecified atom stereocenters. The summed E-state index contributed by atoms with van der Waals surface area (Å²) in [7, 11) is 0. The van der Waals surface area contributed by atoms with Gasteiger partial charge in [0.25, 0.3) is 0 Å². The molecule has 0 aliphatic heterocycles. The zero-order chi connectivity index (χ0) is 19.0. The van der Waals surface area contributed by atoms with Gasteiger partial charge < -0.3 is 8.94 Å². The van der Waals surface area contributed by atoms with Crippen LogP contribution in [0.2, 0.25) is 10.0 Å². The van der Waals surface area contributed by atoms with E-state index in [0.717, 1.165) is 5.56 Å². The number of rotatable bonds is 4. The number of hydrogen-bond donors (Lipinski definition) is 0. The first kappa shape index (κ1) is 18.3. The van der Waals surface area contributed by atoms with Gasteiger partial charge in [-0.25, -0.2) is 0 Å². The van der Waals surface area contributed by atoms with Crippen molar-refractivity contribution in [1.29, 1.82) is 0 Å². The van der Waals surface area contributed by atoms with Crippen LogP contribution in [0.5, 0.6) is 0 Å². The van der Waals surface area contributed by atoms with Crippen molar-refractivity contribution in [1.82, 2.24) is 15.4 Å². The molecule has 2 heterocycles. The molecule has 4 rings (SSSR count). The molecule has 0 fully saturated rings. The molecular formula is C18H9Cl4N3O2. The molecule has 0 bridgehead atoms. The predicted molar refractivity (Wildman–Crippen MR) is 105 cm³/mol. The van der Waals surface area contributed by atoms with Gasteiger partial charge in [0.1, 0.15) is 5.69 Å². The molecule has 0 amide bonds. The summed E-state index contributed by atoms with van der Waals surface area (Å²) in [6.07, 6.45) is 0. The fourth-order valence-electron chi connectivity index (χ4n) is 2.52. The number of halogens is 4. The van der Waals surface area contributed by atoms with Gasteiger partial charge in [-0.05, 0) is 24.3 Å². The molecule has 0 radical (unpaired) electrons. The molecule has 27 heavy (non-hydrogen) atoms. The maximum Gasteiger partial charge on any atom is 0.249 e. The summed E-state index contributed by atoms with van der Waals surface area (Å²) in [6.45, 7) is 0. The van der Waals surface area contributed by atoms with Gasteiger partial charge in [0.05, 0.1) is 10.0 Å². The topological polar surface area (TPSA) is 65.0 Å². The first-order valence-corrected chi connectivity index (χ1v) is 9.29. The van der Waals surface area contributed by atoms with Gasteiger partial charge in [-0.1, -0.05) is 69.8 Å². The Balaban J connectivity index is 1.70. The van der Waals surface area contributed by atoms with Crippen LogP contribution in [0.1, 0.15) is 10.7 Å². The van der Waals surface area contributed by atoms with E-state index < -0.39 is 4.84 Å². The average Bonchev–Trinajstić information content (AvgIpc) is 3.32. The van der Waals surface area contributed by atoms with Gasteiger partial charge in [-0.15, -0.1) is 10.2 Å².